The van der Waals surface area contributed by atoms with Crippen molar-refractivity contribution in [3.05, 3.63) is 23.2 Å². The van der Waals surface area contributed by atoms with Crippen LogP contribution in [0.5, 0.6) is 0 Å². The van der Waals surface area contributed by atoms with Gasteiger partial charge in [0.2, 0.25) is 0 Å². The summed E-state index contributed by atoms with van der Waals surface area (Å²) in [5, 5.41) is 18.7. The summed E-state index contributed by atoms with van der Waals surface area (Å²) in [7, 11) is 5.33. The molecule has 0 amide bonds. The normalized spacial score (nSPS) is 9.73. The number of rotatable bonds is 1. The maximum atomic E-state index is 10.4. The molecule has 0 spiro atoms. The molecule has 56 valence electrons. The number of hydrogen-bond donors (Lipinski definition) is 1. The highest BCUT2D eigenvalue weighted by Crippen LogP contribution is 2.11. The molecule has 0 aromatic carbocycles. The van der Waals surface area contributed by atoms with E-state index in [0.29, 0.717) is 11.2 Å². The fourth-order valence-electron chi connectivity index (χ4n) is 0.731. The summed E-state index contributed by atoms with van der Waals surface area (Å²) in [5.41, 5.74) is 0.863. The highest BCUT2D eigenvalue weighted by atomic mass is 16.8. The molecule has 1 N–H and O–H groups in total. The van der Waals surface area contributed by atoms with Crippen LogP contribution in [0.1, 0.15) is 5.69 Å². The summed E-state index contributed by atoms with van der Waals surface area (Å²) in [6.07, 6.45) is 1.42. The third kappa shape index (κ3) is 1.69. The van der Waals surface area contributed by atoms with Gasteiger partial charge in [-0.15, -0.1) is 0 Å². The van der Waals surface area contributed by atoms with Gasteiger partial charge in [-0.1, -0.05) is 5.46 Å². The van der Waals surface area contributed by atoms with Gasteiger partial charge in [0.15, 0.2) is 0 Å². The van der Waals surface area contributed by atoms with Gasteiger partial charge < -0.3 is 10.4 Å². The van der Waals surface area contributed by atoms with Gasteiger partial charge in [-0.05, 0) is 13.0 Å². The van der Waals surface area contributed by atoms with E-state index >= 15 is 0 Å². The van der Waals surface area contributed by atoms with Crippen molar-refractivity contribution in [2.24, 2.45) is 0 Å². The molecule has 0 aliphatic heterocycles. The average molecular weight is 149 g/mol. The van der Waals surface area contributed by atoms with Crippen molar-refractivity contribution >= 4 is 19.0 Å². The lowest BCUT2D eigenvalue weighted by atomic mass is 9.98. The largest absolute Gasteiger partial charge is 0.733 e. The SMILES string of the molecule is [B]c1cnc(C)c(N([O-])O)c1. The molecule has 1 aromatic heterocycles. The van der Waals surface area contributed by atoms with Crippen LogP contribution in [-0.4, -0.2) is 18.0 Å². The minimum absolute atomic E-state index is 0.0741. The molecule has 0 unspecified atom stereocenters. The highest BCUT2D eigenvalue weighted by molar-refractivity contribution is 6.32. The maximum Gasteiger partial charge on any atom is 0.116 e. The summed E-state index contributed by atoms with van der Waals surface area (Å²) >= 11 is 0. The van der Waals surface area contributed by atoms with Crippen LogP contribution in [0, 0.1) is 12.1 Å². The summed E-state index contributed by atoms with van der Waals surface area (Å²) in [6.45, 7) is 1.61. The summed E-state index contributed by atoms with van der Waals surface area (Å²) in [4.78, 5) is 3.77. The fourth-order valence-corrected chi connectivity index (χ4v) is 0.731. The fraction of sp³-hybridized carbons (Fsp3) is 0.167. The van der Waals surface area contributed by atoms with Gasteiger partial charge in [-0.3, -0.25) is 10.2 Å². The molecule has 0 aliphatic carbocycles. The number of anilines is 1. The molecule has 0 saturated carbocycles. The van der Waals surface area contributed by atoms with Crippen molar-refractivity contribution in [1.82, 2.24) is 4.98 Å². The third-order valence-corrected chi connectivity index (χ3v) is 1.29. The Morgan fingerprint density at radius 2 is 2.36 bits per heavy atom. The zero-order chi connectivity index (χ0) is 8.43. The molecule has 0 atom stereocenters. The van der Waals surface area contributed by atoms with Crippen molar-refractivity contribution < 1.29 is 5.21 Å². The molecule has 4 nitrogen and oxygen atoms in total. The Bertz CT molecular complexity index is 265. The van der Waals surface area contributed by atoms with Crippen LogP contribution in [0.2, 0.25) is 0 Å². The zero-order valence-electron chi connectivity index (χ0n) is 5.98. The quantitative estimate of drug-likeness (QED) is 0.446. The first kappa shape index (κ1) is 8.04. The van der Waals surface area contributed by atoms with Crippen LogP contribution >= 0.6 is 0 Å². The number of nitrogens with zero attached hydrogens (tertiary/aromatic N) is 2. The van der Waals surface area contributed by atoms with E-state index in [1.165, 1.54) is 12.3 Å². The van der Waals surface area contributed by atoms with E-state index in [1.807, 2.05) is 0 Å². The molecule has 2 radical (unpaired) electrons. The standard InChI is InChI=1S/C6H6BN2O2/c1-4-6(9(10)11)2-5(7)3-8-4/h2-3,10H,1H3/q-1. The first-order valence-corrected chi connectivity index (χ1v) is 2.99. The van der Waals surface area contributed by atoms with Crippen molar-refractivity contribution in [2.75, 3.05) is 5.23 Å². The third-order valence-electron chi connectivity index (χ3n) is 1.29. The van der Waals surface area contributed by atoms with Gasteiger partial charge in [-0.25, -0.2) is 0 Å². The number of aryl methyl sites for hydroxylation is 1. The van der Waals surface area contributed by atoms with E-state index in [2.05, 4.69) is 4.98 Å². The van der Waals surface area contributed by atoms with Gasteiger partial charge >= 0.3 is 0 Å². The lowest BCUT2D eigenvalue weighted by molar-refractivity contribution is 0.295. The van der Waals surface area contributed by atoms with Crippen LogP contribution in [0.3, 0.4) is 0 Å². The monoisotopic (exact) mass is 149 g/mol. The number of aromatic nitrogens is 1. The molecular formula is C6H6BN2O2-. The van der Waals surface area contributed by atoms with Gasteiger partial charge in [0.05, 0.1) is 11.4 Å². The second-order valence-electron chi connectivity index (χ2n) is 2.15. The van der Waals surface area contributed by atoms with Crippen LogP contribution in [0.25, 0.3) is 0 Å². The molecule has 0 bridgehead atoms. The second kappa shape index (κ2) is 2.90. The van der Waals surface area contributed by atoms with E-state index in [0.717, 1.165) is 0 Å². The topological polar surface area (TPSA) is 59.4 Å². The van der Waals surface area contributed by atoms with Crippen LogP contribution in [-0.2, 0) is 0 Å². The van der Waals surface area contributed by atoms with Gasteiger partial charge in [0.1, 0.15) is 7.85 Å². The molecule has 0 saturated heterocycles. The van der Waals surface area contributed by atoms with E-state index in [1.54, 1.807) is 6.92 Å². The number of hydrogen-bond acceptors (Lipinski definition) is 4. The van der Waals surface area contributed by atoms with Crippen molar-refractivity contribution in [2.45, 2.75) is 6.92 Å². The minimum Gasteiger partial charge on any atom is -0.733 e. The Hall–Kier alpha value is -1.07. The Morgan fingerprint density at radius 3 is 2.82 bits per heavy atom. The van der Waals surface area contributed by atoms with Gasteiger partial charge in [0, 0.05) is 6.20 Å². The summed E-state index contributed by atoms with van der Waals surface area (Å²) in [5.74, 6) is 0. The number of pyridine rings is 1. The average Bonchev–Trinajstić information content (AvgIpc) is 1.94. The molecule has 1 rings (SSSR count). The molecule has 1 heterocycles. The minimum atomic E-state index is -0.251. The maximum absolute atomic E-state index is 10.4. The first-order chi connectivity index (χ1) is 5.11. The lowest BCUT2D eigenvalue weighted by Crippen LogP contribution is -2.14. The summed E-state index contributed by atoms with van der Waals surface area (Å²) in [6, 6.07) is 1.36. The van der Waals surface area contributed by atoms with Crippen molar-refractivity contribution in [3.63, 3.8) is 0 Å². The first-order valence-electron chi connectivity index (χ1n) is 2.99. The molecule has 0 aliphatic rings. The van der Waals surface area contributed by atoms with E-state index < -0.39 is 0 Å². The second-order valence-corrected chi connectivity index (χ2v) is 2.15. The molecule has 1 aromatic rings. The molecular weight excluding hydrogens is 143 g/mol. The van der Waals surface area contributed by atoms with Crippen molar-refractivity contribution in [1.29, 1.82) is 0 Å². The Balaban J connectivity index is 3.13. The Kier molecular flexibility index (Phi) is 2.12. The smallest absolute Gasteiger partial charge is 0.116 e. The zero-order valence-corrected chi connectivity index (χ0v) is 5.98. The van der Waals surface area contributed by atoms with E-state index in [9.17, 15) is 5.21 Å². The van der Waals surface area contributed by atoms with Crippen molar-refractivity contribution in [3.8, 4) is 0 Å². The van der Waals surface area contributed by atoms with E-state index in [4.69, 9.17) is 13.1 Å². The lowest BCUT2D eigenvalue weighted by Gasteiger charge is -2.23. The van der Waals surface area contributed by atoms with Gasteiger partial charge in [0.25, 0.3) is 0 Å². The Morgan fingerprint density at radius 1 is 1.73 bits per heavy atom. The Labute approximate surface area is 65.4 Å². The highest BCUT2D eigenvalue weighted by Gasteiger charge is 1.98. The predicted octanol–water partition coefficient (Wildman–Crippen LogP) is -0.123. The van der Waals surface area contributed by atoms with Crippen LogP contribution in [0.4, 0.5) is 5.69 Å². The van der Waals surface area contributed by atoms with Crippen LogP contribution < -0.4 is 10.7 Å². The molecule has 0 fully saturated rings. The van der Waals surface area contributed by atoms with E-state index in [-0.39, 0.29) is 10.9 Å². The van der Waals surface area contributed by atoms with Crippen LogP contribution in [0.15, 0.2) is 12.3 Å². The summed E-state index contributed by atoms with van der Waals surface area (Å²) < 4.78 is 0. The molecule has 5 heteroatoms. The molecule has 11 heavy (non-hydrogen) atoms. The predicted molar refractivity (Wildman–Crippen MR) is 42.0 cm³/mol. The van der Waals surface area contributed by atoms with Gasteiger partial charge in [-0.2, -0.15) is 0 Å².